The third kappa shape index (κ3) is 3.39. The Labute approximate surface area is 122 Å². The molecule has 20 heavy (non-hydrogen) atoms. The quantitative estimate of drug-likeness (QED) is 0.761. The van der Waals surface area contributed by atoms with E-state index in [1.165, 1.54) is 4.88 Å². The maximum absolute atomic E-state index is 12.3. The van der Waals surface area contributed by atoms with Crippen molar-refractivity contribution in [2.24, 2.45) is 0 Å². The first kappa shape index (κ1) is 13.2. The highest BCUT2D eigenvalue weighted by molar-refractivity contribution is 7.09. The van der Waals surface area contributed by atoms with Crippen molar-refractivity contribution in [2.75, 3.05) is 6.54 Å². The van der Waals surface area contributed by atoms with Crippen molar-refractivity contribution in [1.82, 2.24) is 4.90 Å². The third-order valence-electron chi connectivity index (χ3n) is 3.41. The van der Waals surface area contributed by atoms with E-state index in [0.717, 1.165) is 31.4 Å². The van der Waals surface area contributed by atoms with Crippen LogP contribution in [0.15, 0.2) is 46.6 Å². The van der Waals surface area contributed by atoms with Gasteiger partial charge in [-0.2, -0.15) is 0 Å². The van der Waals surface area contributed by atoms with Crippen LogP contribution in [0.5, 0.6) is 0 Å². The smallest absolute Gasteiger partial charge is 0.246 e. The molecule has 0 radical (unpaired) electrons. The van der Waals surface area contributed by atoms with Crippen molar-refractivity contribution in [3.05, 3.63) is 52.6 Å². The molecule has 1 fully saturated rings. The Morgan fingerprint density at radius 1 is 1.45 bits per heavy atom. The molecule has 2 heterocycles. The first-order valence-corrected chi connectivity index (χ1v) is 7.74. The fourth-order valence-electron chi connectivity index (χ4n) is 2.18. The first-order chi connectivity index (χ1) is 9.83. The molecule has 1 aliphatic carbocycles. The number of amides is 1. The number of thiophene rings is 1. The summed E-state index contributed by atoms with van der Waals surface area (Å²) in [7, 11) is 0. The molecular formula is C16H17NO2S. The van der Waals surface area contributed by atoms with Crippen molar-refractivity contribution < 1.29 is 9.21 Å². The van der Waals surface area contributed by atoms with Crippen molar-refractivity contribution in [3.63, 3.8) is 0 Å². The van der Waals surface area contributed by atoms with E-state index in [9.17, 15) is 4.79 Å². The van der Waals surface area contributed by atoms with E-state index < -0.39 is 0 Å². The highest BCUT2D eigenvalue weighted by atomic mass is 32.1. The summed E-state index contributed by atoms with van der Waals surface area (Å²) < 4.78 is 4.99. The summed E-state index contributed by atoms with van der Waals surface area (Å²) in [4.78, 5) is 15.6. The van der Waals surface area contributed by atoms with Crippen LogP contribution in [0.25, 0.3) is 6.08 Å². The van der Waals surface area contributed by atoms with Crippen LogP contribution in [0.3, 0.4) is 0 Å². The lowest BCUT2D eigenvalue weighted by Crippen LogP contribution is -2.33. The Morgan fingerprint density at radius 2 is 2.35 bits per heavy atom. The maximum atomic E-state index is 12.3. The van der Waals surface area contributed by atoms with Gasteiger partial charge < -0.3 is 9.32 Å². The van der Waals surface area contributed by atoms with Gasteiger partial charge in [0.05, 0.1) is 12.5 Å². The van der Waals surface area contributed by atoms with Gasteiger partial charge in [-0.05, 0) is 42.9 Å². The Balaban J connectivity index is 1.59. The minimum atomic E-state index is 0.102. The Bertz CT molecular complexity index is 568. The van der Waals surface area contributed by atoms with Gasteiger partial charge >= 0.3 is 0 Å². The molecule has 0 saturated heterocycles. The van der Waals surface area contributed by atoms with Crippen LogP contribution in [0.4, 0.5) is 0 Å². The number of carbonyl (C=O) groups is 1. The normalized spacial score (nSPS) is 14.8. The molecule has 4 heteroatoms. The van der Waals surface area contributed by atoms with Crippen LogP contribution in [-0.4, -0.2) is 23.4 Å². The molecule has 2 aromatic heterocycles. The van der Waals surface area contributed by atoms with Crippen molar-refractivity contribution in [3.8, 4) is 0 Å². The number of carbonyl (C=O) groups excluding carboxylic acids is 1. The van der Waals surface area contributed by atoms with Crippen LogP contribution >= 0.6 is 11.3 Å². The standard InChI is InChI=1S/C16H17NO2S/c18-16(6-3-13-8-10-19-12-13)17(14-4-5-14)9-7-15-2-1-11-20-15/h1-3,6,8,10-12,14H,4-5,7,9H2/b6-3+. The summed E-state index contributed by atoms with van der Waals surface area (Å²) >= 11 is 1.75. The van der Waals surface area contributed by atoms with Gasteiger partial charge in [-0.15, -0.1) is 11.3 Å². The SMILES string of the molecule is O=C(/C=C/c1ccoc1)N(CCc1cccs1)C1CC1. The van der Waals surface area contributed by atoms with Crippen molar-refractivity contribution in [1.29, 1.82) is 0 Å². The molecule has 1 aliphatic rings. The average Bonchev–Trinajstić information content (AvgIpc) is 2.95. The lowest BCUT2D eigenvalue weighted by Gasteiger charge is -2.20. The predicted octanol–water partition coefficient (Wildman–Crippen LogP) is 3.59. The largest absolute Gasteiger partial charge is 0.472 e. The fraction of sp³-hybridized carbons (Fsp3) is 0.312. The van der Waals surface area contributed by atoms with E-state index >= 15 is 0 Å². The summed E-state index contributed by atoms with van der Waals surface area (Å²) in [6.45, 7) is 0.805. The van der Waals surface area contributed by atoms with Gasteiger partial charge in [0.15, 0.2) is 0 Å². The number of furan rings is 1. The molecule has 0 aromatic carbocycles. The van der Waals surface area contributed by atoms with Gasteiger partial charge in [-0.3, -0.25) is 4.79 Å². The molecule has 0 bridgehead atoms. The Morgan fingerprint density at radius 3 is 3.00 bits per heavy atom. The molecule has 3 rings (SSSR count). The highest BCUT2D eigenvalue weighted by Gasteiger charge is 2.31. The zero-order valence-electron chi connectivity index (χ0n) is 11.2. The molecule has 2 aromatic rings. The van der Waals surface area contributed by atoms with Gasteiger partial charge in [0.2, 0.25) is 5.91 Å². The molecule has 3 nitrogen and oxygen atoms in total. The van der Waals surface area contributed by atoms with E-state index in [2.05, 4.69) is 17.5 Å². The van der Waals surface area contributed by atoms with E-state index in [0.29, 0.717) is 6.04 Å². The Hall–Kier alpha value is -1.81. The zero-order chi connectivity index (χ0) is 13.8. The minimum Gasteiger partial charge on any atom is -0.472 e. The van der Waals surface area contributed by atoms with Crippen LogP contribution in [0.2, 0.25) is 0 Å². The second-order valence-corrected chi connectivity index (χ2v) is 6.01. The summed E-state index contributed by atoms with van der Waals surface area (Å²) in [5.41, 5.74) is 0.923. The van der Waals surface area contributed by atoms with Gasteiger partial charge in [0, 0.05) is 29.1 Å². The topological polar surface area (TPSA) is 33.5 Å². The van der Waals surface area contributed by atoms with Crippen LogP contribution in [0.1, 0.15) is 23.3 Å². The molecule has 1 amide bonds. The third-order valence-corrected chi connectivity index (χ3v) is 4.35. The molecular weight excluding hydrogens is 270 g/mol. The molecule has 1 saturated carbocycles. The second kappa shape index (κ2) is 6.09. The van der Waals surface area contributed by atoms with Gasteiger partial charge in [-0.25, -0.2) is 0 Å². The van der Waals surface area contributed by atoms with E-state index in [1.54, 1.807) is 29.9 Å². The molecule has 0 N–H and O–H groups in total. The number of hydrogen-bond donors (Lipinski definition) is 0. The fourth-order valence-corrected chi connectivity index (χ4v) is 2.88. The predicted molar refractivity (Wildman–Crippen MR) is 80.5 cm³/mol. The molecule has 0 unspecified atom stereocenters. The minimum absolute atomic E-state index is 0.102. The monoisotopic (exact) mass is 287 g/mol. The molecule has 0 aliphatic heterocycles. The number of nitrogens with zero attached hydrogens (tertiary/aromatic N) is 1. The summed E-state index contributed by atoms with van der Waals surface area (Å²) in [5, 5.41) is 2.08. The Kier molecular flexibility index (Phi) is 4.02. The number of hydrogen-bond acceptors (Lipinski definition) is 3. The lowest BCUT2D eigenvalue weighted by atomic mass is 10.2. The van der Waals surface area contributed by atoms with E-state index in [1.807, 2.05) is 17.0 Å². The van der Waals surface area contributed by atoms with Gasteiger partial charge in [-0.1, -0.05) is 6.07 Å². The van der Waals surface area contributed by atoms with Crippen molar-refractivity contribution in [2.45, 2.75) is 25.3 Å². The maximum Gasteiger partial charge on any atom is 0.246 e. The molecule has 104 valence electrons. The molecule has 0 spiro atoms. The highest BCUT2D eigenvalue weighted by Crippen LogP contribution is 2.27. The van der Waals surface area contributed by atoms with Gasteiger partial charge in [0.1, 0.15) is 0 Å². The van der Waals surface area contributed by atoms with Crippen molar-refractivity contribution >= 4 is 23.3 Å². The van der Waals surface area contributed by atoms with Gasteiger partial charge in [0.25, 0.3) is 0 Å². The second-order valence-electron chi connectivity index (χ2n) is 4.98. The van der Waals surface area contributed by atoms with E-state index in [4.69, 9.17) is 4.42 Å². The van der Waals surface area contributed by atoms with E-state index in [-0.39, 0.29) is 5.91 Å². The van der Waals surface area contributed by atoms with Crippen LogP contribution in [-0.2, 0) is 11.2 Å². The molecule has 0 atom stereocenters. The number of rotatable bonds is 6. The zero-order valence-corrected chi connectivity index (χ0v) is 12.0. The summed E-state index contributed by atoms with van der Waals surface area (Å²) in [6, 6.07) is 6.47. The summed E-state index contributed by atoms with van der Waals surface area (Å²) in [6.07, 6.45) is 9.92. The summed E-state index contributed by atoms with van der Waals surface area (Å²) in [5.74, 6) is 0.102. The lowest BCUT2D eigenvalue weighted by molar-refractivity contribution is -0.126. The average molecular weight is 287 g/mol. The van der Waals surface area contributed by atoms with Crippen LogP contribution in [0, 0.1) is 0 Å². The van der Waals surface area contributed by atoms with Crippen LogP contribution < -0.4 is 0 Å². The first-order valence-electron chi connectivity index (χ1n) is 6.86.